The lowest BCUT2D eigenvalue weighted by Crippen LogP contribution is -2.56. The monoisotopic (exact) mass is 402 g/mol. The molecule has 0 unspecified atom stereocenters. The standard InChI is InChI=1S/C21H36F2N2O3/c1-18(2,3)28-17(27)25-20(6)10-9-15(19(20,4)5)13-24-16(26)14-7-11-21(22,23)12-8-14/h14-15H,7-13H2,1-6H3,(H,24,26)(H,25,27)/t15-,20-/m1/s1. The van der Waals surface area contributed by atoms with Crippen LogP contribution in [0.5, 0.6) is 0 Å². The maximum Gasteiger partial charge on any atom is 0.408 e. The summed E-state index contributed by atoms with van der Waals surface area (Å²) in [6, 6.07) is 0. The van der Waals surface area contributed by atoms with Crippen molar-refractivity contribution in [1.82, 2.24) is 10.6 Å². The summed E-state index contributed by atoms with van der Waals surface area (Å²) in [7, 11) is 0. The van der Waals surface area contributed by atoms with Gasteiger partial charge in [0, 0.05) is 30.8 Å². The molecule has 0 spiro atoms. The zero-order valence-electron chi connectivity index (χ0n) is 18.1. The van der Waals surface area contributed by atoms with Gasteiger partial charge in [0.2, 0.25) is 11.8 Å². The second kappa shape index (κ2) is 7.79. The minimum Gasteiger partial charge on any atom is -0.444 e. The Morgan fingerprint density at radius 3 is 2.14 bits per heavy atom. The van der Waals surface area contributed by atoms with Gasteiger partial charge in [-0.3, -0.25) is 4.79 Å². The maximum absolute atomic E-state index is 13.3. The Hall–Kier alpha value is -1.40. The summed E-state index contributed by atoms with van der Waals surface area (Å²) in [5, 5.41) is 6.01. The first-order valence-corrected chi connectivity index (χ1v) is 10.3. The topological polar surface area (TPSA) is 67.4 Å². The van der Waals surface area contributed by atoms with E-state index >= 15 is 0 Å². The fourth-order valence-corrected chi connectivity index (χ4v) is 4.38. The minimum absolute atomic E-state index is 0.125. The second-order valence-corrected chi connectivity index (χ2v) is 10.3. The summed E-state index contributed by atoms with van der Waals surface area (Å²) in [6.07, 6.45) is 1.28. The van der Waals surface area contributed by atoms with Crippen LogP contribution in [0.25, 0.3) is 0 Å². The molecule has 7 heteroatoms. The second-order valence-electron chi connectivity index (χ2n) is 10.3. The van der Waals surface area contributed by atoms with Gasteiger partial charge in [-0.1, -0.05) is 13.8 Å². The summed E-state index contributed by atoms with van der Waals surface area (Å²) < 4.78 is 32.0. The third-order valence-electron chi connectivity index (χ3n) is 6.82. The minimum atomic E-state index is -2.63. The van der Waals surface area contributed by atoms with E-state index in [0.717, 1.165) is 12.8 Å². The Labute approximate surface area is 167 Å². The summed E-state index contributed by atoms with van der Waals surface area (Å²) >= 11 is 0. The van der Waals surface area contributed by atoms with Gasteiger partial charge in [0.15, 0.2) is 0 Å². The lowest BCUT2D eigenvalue weighted by molar-refractivity contribution is -0.129. The zero-order chi connectivity index (χ0) is 21.4. The Morgan fingerprint density at radius 2 is 1.61 bits per heavy atom. The summed E-state index contributed by atoms with van der Waals surface area (Å²) in [6.45, 7) is 12.2. The number of carbonyl (C=O) groups excluding carboxylic acids is 2. The molecule has 0 radical (unpaired) electrons. The van der Waals surface area contributed by atoms with E-state index in [1.54, 1.807) is 0 Å². The molecule has 2 rings (SSSR count). The van der Waals surface area contributed by atoms with Crippen LogP contribution in [0.15, 0.2) is 0 Å². The molecule has 162 valence electrons. The van der Waals surface area contributed by atoms with Gasteiger partial charge in [-0.15, -0.1) is 0 Å². The number of hydrogen-bond acceptors (Lipinski definition) is 3. The van der Waals surface area contributed by atoms with E-state index in [-0.39, 0.29) is 48.8 Å². The third kappa shape index (κ3) is 5.35. The third-order valence-corrected chi connectivity index (χ3v) is 6.82. The van der Waals surface area contributed by atoms with Crippen molar-refractivity contribution in [1.29, 1.82) is 0 Å². The van der Waals surface area contributed by atoms with Crippen LogP contribution in [0.3, 0.4) is 0 Å². The zero-order valence-corrected chi connectivity index (χ0v) is 18.1. The van der Waals surface area contributed by atoms with E-state index < -0.39 is 23.2 Å². The van der Waals surface area contributed by atoms with Crippen molar-refractivity contribution >= 4 is 12.0 Å². The van der Waals surface area contributed by atoms with Gasteiger partial charge in [0.25, 0.3) is 0 Å². The lowest BCUT2D eigenvalue weighted by Gasteiger charge is -2.42. The number of alkyl carbamates (subject to hydrolysis) is 1. The number of alkyl halides is 2. The molecule has 2 fully saturated rings. The number of nitrogens with one attached hydrogen (secondary N) is 2. The number of carbonyl (C=O) groups is 2. The first-order chi connectivity index (χ1) is 12.7. The molecule has 0 aromatic heterocycles. The highest BCUT2D eigenvalue weighted by Gasteiger charge is 2.52. The van der Waals surface area contributed by atoms with Crippen LogP contribution in [-0.2, 0) is 9.53 Å². The van der Waals surface area contributed by atoms with Gasteiger partial charge in [-0.05, 0) is 64.7 Å². The van der Waals surface area contributed by atoms with Crippen LogP contribution in [-0.4, -0.2) is 35.6 Å². The van der Waals surface area contributed by atoms with Crippen molar-refractivity contribution in [3.05, 3.63) is 0 Å². The molecule has 2 N–H and O–H groups in total. The van der Waals surface area contributed by atoms with E-state index in [2.05, 4.69) is 24.5 Å². The van der Waals surface area contributed by atoms with Crippen molar-refractivity contribution in [2.24, 2.45) is 17.3 Å². The molecule has 2 saturated carbocycles. The SMILES string of the molecule is CC(C)(C)OC(=O)N[C@]1(C)CC[C@H](CNC(=O)C2CCC(F)(F)CC2)C1(C)C. The normalized spacial score (nSPS) is 29.9. The molecule has 0 aliphatic heterocycles. The van der Waals surface area contributed by atoms with E-state index in [9.17, 15) is 18.4 Å². The van der Waals surface area contributed by atoms with Gasteiger partial charge >= 0.3 is 6.09 Å². The summed E-state index contributed by atoms with van der Waals surface area (Å²) in [5.74, 6) is -2.89. The van der Waals surface area contributed by atoms with E-state index in [1.807, 2.05) is 27.7 Å². The molecule has 0 saturated heterocycles. The van der Waals surface area contributed by atoms with E-state index in [1.165, 1.54) is 0 Å². The van der Waals surface area contributed by atoms with Crippen LogP contribution < -0.4 is 10.6 Å². The highest BCUT2D eigenvalue weighted by atomic mass is 19.3. The van der Waals surface area contributed by atoms with Crippen LogP contribution >= 0.6 is 0 Å². The number of rotatable bonds is 4. The molecular formula is C21H36F2N2O3. The maximum atomic E-state index is 13.3. The van der Waals surface area contributed by atoms with Gasteiger partial charge in [-0.2, -0.15) is 0 Å². The van der Waals surface area contributed by atoms with Crippen molar-refractivity contribution in [2.75, 3.05) is 6.54 Å². The molecule has 0 aromatic rings. The highest BCUT2D eigenvalue weighted by Crippen LogP contribution is 2.50. The van der Waals surface area contributed by atoms with Gasteiger partial charge in [0.05, 0.1) is 0 Å². The van der Waals surface area contributed by atoms with Crippen molar-refractivity contribution in [3.63, 3.8) is 0 Å². The number of halogens is 2. The summed E-state index contributed by atoms with van der Waals surface area (Å²) in [4.78, 5) is 24.7. The molecule has 0 aromatic carbocycles. The Bertz CT molecular complexity index is 591. The van der Waals surface area contributed by atoms with E-state index in [4.69, 9.17) is 4.74 Å². The van der Waals surface area contributed by atoms with Crippen molar-refractivity contribution in [3.8, 4) is 0 Å². The van der Waals surface area contributed by atoms with Gasteiger partial charge < -0.3 is 15.4 Å². The molecule has 2 atom stereocenters. The van der Waals surface area contributed by atoms with Crippen molar-refractivity contribution in [2.45, 2.75) is 97.1 Å². The van der Waals surface area contributed by atoms with Gasteiger partial charge in [-0.25, -0.2) is 13.6 Å². The van der Waals surface area contributed by atoms with Crippen LogP contribution in [0.2, 0.25) is 0 Å². The van der Waals surface area contributed by atoms with E-state index in [0.29, 0.717) is 6.54 Å². The predicted octanol–water partition coefficient (Wildman–Crippen LogP) is 4.65. The molecule has 0 bridgehead atoms. The lowest BCUT2D eigenvalue weighted by atomic mass is 9.71. The van der Waals surface area contributed by atoms with Crippen LogP contribution in [0.4, 0.5) is 13.6 Å². The fourth-order valence-electron chi connectivity index (χ4n) is 4.38. The van der Waals surface area contributed by atoms with Gasteiger partial charge in [0.1, 0.15) is 5.60 Å². The number of amides is 2. The molecule has 28 heavy (non-hydrogen) atoms. The smallest absolute Gasteiger partial charge is 0.408 e. The van der Waals surface area contributed by atoms with Crippen molar-refractivity contribution < 1.29 is 23.1 Å². The molecule has 2 amide bonds. The average molecular weight is 403 g/mol. The molecule has 5 nitrogen and oxygen atoms in total. The largest absolute Gasteiger partial charge is 0.444 e. The average Bonchev–Trinajstić information content (AvgIpc) is 2.73. The molecule has 2 aliphatic carbocycles. The first kappa shape index (κ1) is 22.9. The first-order valence-electron chi connectivity index (χ1n) is 10.3. The summed E-state index contributed by atoms with van der Waals surface area (Å²) in [5.41, 5.74) is -1.26. The Kier molecular flexibility index (Phi) is 6.37. The predicted molar refractivity (Wildman–Crippen MR) is 104 cm³/mol. The molecular weight excluding hydrogens is 366 g/mol. The molecule has 0 heterocycles. The quantitative estimate of drug-likeness (QED) is 0.719. The highest BCUT2D eigenvalue weighted by molar-refractivity contribution is 5.78. The Morgan fingerprint density at radius 1 is 1.04 bits per heavy atom. The van der Waals surface area contributed by atoms with Crippen LogP contribution in [0.1, 0.15) is 80.1 Å². The molecule has 2 aliphatic rings. The number of hydrogen-bond donors (Lipinski definition) is 2. The van der Waals surface area contributed by atoms with Crippen LogP contribution in [0, 0.1) is 17.3 Å². The fraction of sp³-hybridized carbons (Fsp3) is 0.905. The number of ether oxygens (including phenoxy) is 1. The Balaban J connectivity index is 1.90.